The minimum atomic E-state index is 1.09. The third kappa shape index (κ3) is 6.30. The van der Waals surface area contributed by atoms with Crippen LogP contribution in [0.3, 0.4) is 0 Å². The summed E-state index contributed by atoms with van der Waals surface area (Å²) in [5, 5.41) is 2.43. The molecule has 250 valence electrons. The topological polar surface area (TPSA) is 3.24 Å². The molecule has 0 aliphatic heterocycles. The number of nitrogens with zero attached hydrogens (tertiary/aromatic N) is 1. The van der Waals surface area contributed by atoms with Crippen molar-refractivity contribution < 1.29 is 0 Å². The average Bonchev–Trinajstić information content (AvgIpc) is 3.25. The number of para-hydroxylation sites is 1. The fourth-order valence-electron chi connectivity index (χ4n) is 7.57. The van der Waals surface area contributed by atoms with Gasteiger partial charge in [-0.1, -0.05) is 194 Å². The van der Waals surface area contributed by atoms with Gasteiger partial charge in [0.15, 0.2) is 0 Å². The van der Waals surface area contributed by atoms with Crippen molar-refractivity contribution >= 4 is 27.8 Å². The number of rotatable bonds is 8. The van der Waals surface area contributed by atoms with E-state index in [1.807, 2.05) is 0 Å². The highest BCUT2D eigenvalue weighted by molar-refractivity contribution is 5.98. The van der Waals surface area contributed by atoms with Crippen LogP contribution in [0.15, 0.2) is 224 Å². The van der Waals surface area contributed by atoms with Crippen LogP contribution in [0.4, 0.5) is 17.1 Å². The van der Waals surface area contributed by atoms with E-state index in [1.54, 1.807) is 0 Å². The van der Waals surface area contributed by atoms with Crippen LogP contribution in [0.5, 0.6) is 0 Å². The second-order valence-electron chi connectivity index (χ2n) is 13.3. The molecule has 0 bridgehead atoms. The predicted molar refractivity (Wildman–Crippen MR) is 226 cm³/mol. The monoisotopic (exact) mass is 675 g/mol. The fourth-order valence-corrected chi connectivity index (χ4v) is 7.57. The summed E-state index contributed by atoms with van der Waals surface area (Å²) < 4.78 is 0. The molecule has 0 fully saturated rings. The van der Waals surface area contributed by atoms with Gasteiger partial charge in [0, 0.05) is 16.9 Å². The summed E-state index contributed by atoms with van der Waals surface area (Å²) in [7, 11) is 0. The number of fused-ring (bicyclic) bond motifs is 1. The number of benzene rings is 9. The Hall–Kier alpha value is -6.96. The molecule has 53 heavy (non-hydrogen) atoms. The number of anilines is 3. The van der Waals surface area contributed by atoms with E-state index in [4.69, 9.17) is 0 Å². The van der Waals surface area contributed by atoms with E-state index < -0.39 is 0 Å². The first kappa shape index (κ1) is 32.0. The molecule has 0 spiro atoms. The summed E-state index contributed by atoms with van der Waals surface area (Å²) in [6, 6.07) is 80.8. The van der Waals surface area contributed by atoms with Gasteiger partial charge in [-0.3, -0.25) is 0 Å². The zero-order chi connectivity index (χ0) is 35.4. The van der Waals surface area contributed by atoms with E-state index in [1.165, 1.54) is 60.8 Å². The number of hydrogen-bond donors (Lipinski definition) is 0. The van der Waals surface area contributed by atoms with E-state index >= 15 is 0 Å². The van der Waals surface area contributed by atoms with Crippen molar-refractivity contribution in [1.82, 2.24) is 0 Å². The largest absolute Gasteiger partial charge is 0.310 e. The molecule has 0 aliphatic carbocycles. The van der Waals surface area contributed by atoms with Crippen molar-refractivity contribution in [2.45, 2.75) is 0 Å². The molecule has 0 atom stereocenters. The molecule has 0 heterocycles. The van der Waals surface area contributed by atoms with Crippen LogP contribution in [-0.2, 0) is 0 Å². The molecular weight excluding hydrogens is 639 g/mol. The molecule has 0 radical (unpaired) electrons. The van der Waals surface area contributed by atoms with Crippen LogP contribution < -0.4 is 4.90 Å². The van der Waals surface area contributed by atoms with Crippen LogP contribution in [0.25, 0.3) is 66.4 Å². The Labute approximate surface area is 311 Å². The lowest BCUT2D eigenvalue weighted by molar-refractivity contribution is 1.29. The van der Waals surface area contributed by atoms with Gasteiger partial charge in [0.05, 0.1) is 5.69 Å². The zero-order valence-corrected chi connectivity index (χ0v) is 29.3. The van der Waals surface area contributed by atoms with Gasteiger partial charge in [-0.05, 0) is 91.2 Å². The molecule has 0 aliphatic rings. The van der Waals surface area contributed by atoms with Gasteiger partial charge in [-0.15, -0.1) is 0 Å². The maximum absolute atomic E-state index is 2.41. The zero-order valence-electron chi connectivity index (χ0n) is 29.3. The highest BCUT2D eigenvalue weighted by atomic mass is 15.1. The van der Waals surface area contributed by atoms with Crippen LogP contribution in [0.1, 0.15) is 0 Å². The van der Waals surface area contributed by atoms with Crippen LogP contribution in [0.2, 0.25) is 0 Å². The van der Waals surface area contributed by atoms with Gasteiger partial charge in [0.1, 0.15) is 0 Å². The van der Waals surface area contributed by atoms with Crippen LogP contribution >= 0.6 is 0 Å². The Morgan fingerprint density at radius 1 is 0.226 bits per heavy atom. The minimum absolute atomic E-state index is 1.09. The second kappa shape index (κ2) is 14.3. The van der Waals surface area contributed by atoms with E-state index in [-0.39, 0.29) is 0 Å². The summed E-state index contributed by atoms with van der Waals surface area (Å²) in [6.45, 7) is 0. The molecule has 1 nitrogen and oxygen atoms in total. The number of hydrogen-bond acceptors (Lipinski definition) is 1. The third-order valence-corrected chi connectivity index (χ3v) is 10.1. The quantitative estimate of drug-likeness (QED) is 0.155. The van der Waals surface area contributed by atoms with Gasteiger partial charge < -0.3 is 4.90 Å². The lowest BCUT2D eigenvalue weighted by atomic mass is 9.88. The van der Waals surface area contributed by atoms with E-state index in [0.29, 0.717) is 0 Å². The molecule has 9 aromatic carbocycles. The first-order valence-electron chi connectivity index (χ1n) is 18.2. The fraction of sp³-hybridized carbons (Fsp3) is 0. The SMILES string of the molecule is c1ccc(-c2ccccc2-c2ccc(N(c3ccc4ccccc4c3)c3ccccc3-c3ccccc3-c3ccccc3-c3ccccc3)cc2)cc1. The smallest absolute Gasteiger partial charge is 0.0540 e. The Balaban J connectivity index is 1.21. The van der Waals surface area contributed by atoms with Crippen molar-refractivity contribution in [2.24, 2.45) is 0 Å². The normalized spacial score (nSPS) is 11.0. The summed E-state index contributed by atoms with van der Waals surface area (Å²) in [5.74, 6) is 0. The van der Waals surface area contributed by atoms with E-state index in [2.05, 4.69) is 229 Å². The van der Waals surface area contributed by atoms with Crippen molar-refractivity contribution in [3.8, 4) is 55.6 Å². The highest BCUT2D eigenvalue weighted by Gasteiger charge is 2.20. The third-order valence-electron chi connectivity index (χ3n) is 10.1. The molecule has 0 saturated heterocycles. The Morgan fingerprint density at radius 2 is 0.604 bits per heavy atom. The molecule has 9 aromatic rings. The van der Waals surface area contributed by atoms with Crippen LogP contribution in [-0.4, -0.2) is 0 Å². The van der Waals surface area contributed by atoms with Crippen molar-refractivity contribution in [1.29, 1.82) is 0 Å². The Kier molecular flexibility index (Phi) is 8.66. The molecule has 0 amide bonds. The van der Waals surface area contributed by atoms with Crippen LogP contribution in [0, 0.1) is 0 Å². The molecule has 1 heteroatoms. The lowest BCUT2D eigenvalue weighted by Gasteiger charge is -2.29. The second-order valence-corrected chi connectivity index (χ2v) is 13.3. The summed E-state index contributed by atoms with van der Waals surface area (Å²) in [6.07, 6.45) is 0. The molecule has 9 rings (SSSR count). The molecule has 0 saturated carbocycles. The van der Waals surface area contributed by atoms with Gasteiger partial charge in [0.2, 0.25) is 0 Å². The summed E-state index contributed by atoms with van der Waals surface area (Å²) >= 11 is 0. The predicted octanol–water partition coefficient (Wildman–Crippen LogP) is 14.6. The van der Waals surface area contributed by atoms with Crippen molar-refractivity contribution in [3.63, 3.8) is 0 Å². The summed E-state index contributed by atoms with van der Waals surface area (Å²) in [5.41, 5.74) is 15.3. The maximum Gasteiger partial charge on any atom is 0.0540 e. The van der Waals surface area contributed by atoms with Gasteiger partial charge >= 0.3 is 0 Å². The molecular formula is C52H37N. The standard InChI is InChI=1S/C52H37N/c1-3-18-39(19-4-1)45-23-9-10-24-46(45)41-32-34-43(35-33-41)53(44-36-31-38-17-7-8-22-42(38)37-44)52-30-16-15-29-51(52)50-28-14-13-27-49(50)48-26-12-11-25-47(48)40-20-5-2-6-21-40/h1-37H. The van der Waals surface area contributed by atoms with Gasteiger partial charge in [-0.2, -0.15) is 0 Å². The Bertz CT molecular complexity index is 2660. The van der Waals surface area contributed by atoms with Crippen molar-refractivity contribution in [2.75, 3.05) is 4.90 Å². The first-order valence-corrected chi connectivity index (χ1v) is 18.2. The first-order chi connectivity index (χ1) is 26.3. The van der Waals surface area contributed by atoms with E-state index in [9.17, 15) is 0 Å². The van der Waals surface area contributed by atoms with Crippen molar-refractivity contribution in [3.05, 3.63) is 224 Å². The lowest BCUT2D eigenvalue weighted by Crippen LogP contribution is -2.11. The van der Waals surface area contributed by atoms with E-state index in [0.717, 1.165) is 22.6 Å². The molecule has 0 unspecified atom stereocenters. The minimum Gasteiger partial charge on any atom is -0.310 e. The highest BCUT2D eigenvalue weighted by Crippen LogP contribution is 2.46. The Morgan fingerprint density at radius 3 is 1.19 bits per heavy atom. The summed E-state index contributed by atoms with van der Waals surface area (Å²) in [4.78, 5) is 2.41. The van der Waals surface area contributed by atoms with Gasteiger partial charge in [-0.25, -0.2) is 0 Å². The van der Waals surface area contributed by atoms with Gasteiger partial charge in [0.25, 0.3) is 0 Å². The average molecular weight is 676 g/mol. The molecule has 0 N–H and O–H groups in total. The maximum atomic E-state index is 2.41. The molecule has 0 aromatic heterocycles.